The van der Waals surface area contributed by atoms with E-state index in [-0.39, 0.29) is 5.91 Å². The van der Waals surface area contributed by atoms with Crippen molar-refractivity contribution in [2.75, 3.05) is 12.4 Å². The number of nitrogens with zero attached hydrogens (tertiary/aromatic N) is 1. The first-order valence-electron chi connectivity index (χ1n) is 7.02. The maximum atomic E-state index is 12.3. The summed E-state index contributed by atoms with van der Waals surface area (Å²) in [6.45, 7) is 0. The fraction of sp³-hybridized carbons (Fsp3) is 0.0556. The molecule has 2 aromatic carbocycles. The molecule has 0 fully saturated rings. The Morgan fingerprint density at radius 3 is 2.48 bits per heavy atom. The third-order valence-electron chi connectivity index (χ3n) is 3.42. The van der Waals surface area contributed by atoms with Crippen molar-refractivity contribution in [1.29, 1.82) is 0 Å². The summed E-state index contributed by atoms with van der Waals surface area (Å²) in [4.78, 5) is 27.9. The fourth-order valence-electron chi connectivity index (χ4n) is 2.21. The first kappa shape index (κ1) is 14.7. The van der Waals surface area contributed by atoms with Gasteiger partial charge in [-0.1, -0.05) is 18.2 Å². The molecule has 0 spiro atoms. The molecule has 3 rings (SSSR count). The lowest BCUT2D eigenvalue weighted by molar-refractivity contribution is 0.0600. The van der Waals surface area contributed by atoms with E-state index in [2.05, 4.69) is 15.0 Å². The van der Waals surface area contributed by atoms with Crippen LogP contribution >= 0.6 is 0 Å². The number of ether oxygens (including phenoxy) is 1. The zero-order valence-electron chi connectivity index (χ0n) is 12.4. The van der Waals surface area contributed by atoms with Crippen LogP contribution in [-0.4, -0.2) is 24.0 Å². The number of aromatic nitrogens is 1. The van der Waals surface area contributed by atoms with Crippen LogP contribution in [-0.2, 0) is 4.74 Å². The van der Waals surface area contributed by atoms with Crippen LogP contribution in [0.3, 0.4) is 0 Å². The standard InChI is InChI=1S/C18H14N2O3/c1-23-18(22)12-6-8-15(9-7-12)20-17(21)14-10-13-4-2-3-5-16(13)19-11-14/h2-11H,1H3,(H,20,21). The third-order valence-corrected chi connectivity index (χ3v) is 3.42. The number of methoxy groups -OCH3 is 1. The second kappa shape index (κ2) is 6.27. The highest BCUT2D eigenvalue weighted by molar-refractivity contribution is 6.06. The van der Waals surface area contributed by atoms with Gasteiger partial charge in [-0.05, 0) is 36.4 Å². The van der Waals surface area contributed by atoms with E-state index >= 15 is 0 Å². The topological polar surface area (TPSA) is 68.3 Å². The highest BCUT2D eigenvalue weighted by atomic mass is 16.5. The fourth-order valence-corrected chi connectivity index (χ4v) is 2.21. The molecule has 0 aliphatic rings. The Kier molecular flexibility index (Phi) is 4.01. The summed E-state index contributed by atoms with van der Waals surface area (Å²) >= 11 is 0. The van der Waals surface area contributed by atoms with Crippen LogP contribution in [0.2, 0.25) is 0 Å². The van der Waals surface area contributed by atoms with E-state index in [9.17, 15) is 9.59 Å². The number of esters is 1. The maximum Gasteiger partial charge on any atom is 0.337 e. The molecule has 0 aliphatic carbocycles. The summed E-state index contributed by atoms with van der Waals surface area (Å²) in [6, 6.07) is 15.9. The Labute approximate surface area is 132 Å². The van der Waals surface area contributed by atoms with E-state index in [4.69, 9.17) is 0 Å². The number of hydrogen-bond acceptors (Lipinski definition) is 4. The van der Waals surface area contributed by atoms with Gasteiger partial charge in [0, 0.05) is 17.3 Å². The van der Waals surface area contributed by atoms with Crippen molar-refractivity contribution in [2.45, 2.75) is 0 Å². The first-order chi connectivity index (χ1) is 11.2. The van der Waals surface area contributed by atoms with Crippen molar-refractivity contribution in [2.24, 2.45) is 0 Å². The zero-order valence-corrected chi connectivity index (χ0v) is 12.4. The van der Waals surface area contributed by atoms with Gasteiger partial charge >= 0.3 is 5.97 Å². The molecule has 114 valence electrons. The molecule has 0 saturated carbocycles. The number of benzene rings is 2. The van der Waals surface area contributed by atoms with Gasteiger partial charge in [0.05, 0.1) is 23.8 Å². The maximum absolute atomic E-state index is 12.3. The predicted molar refractivity (Wildman–Crippen MR) is 87.5 cm³/mol. The van der Waals surface area contributed by atoms with Gasteiger partial charge in [0.15, 0.2) is 0 Å². The van der Waals surface area contributed by atoms with E-state index < -0.39 is 5.97 Å². The monoisotopic (exact) mass is 306 g/mol. The molecule has 0 radical (unpaired) electrons. The van der Waals surface area contributed by atoms with Gasteiger partial charge in [-0.2, -0.15) is 0 Å². The number of para-hydroxylation sites is 1. The van der Waals surface area contributed by atoms with Gasteiger partial charge < -0.3 is 10.1 Å². The lowest BCUT2D eigenvalue weighted by Crippen LogP contribution is -2.12. The number of anilines is 1. The summed E-state index contributed by atoms with van der Waals surface area (Å²) in [5, 5.41) is 3.68. The molecule has 0 unspecified atom stereocenters. The van der Waals surface area contributed by atoms with Crippen molar-refractivity contribution in [3.05, 3.63) is 71.9 Å². The summed E-state index contributed by atoms with van der Waals surface area (Å²) in [5.41, 5.74) is 2.33. The van der Waals surface area contributed by atoms with Crippen LogP contribution in [0.5, 0.6) is 0 Å². The summed E-state index contributed by atoms with van der Waals surface area (Å²) in [5.74, 6) is -0.671. The van der Waals surface area contributed by atoms with Gasteiger partial charge in [-0.15, -0.1) is 0 Å². The van der Waals surface area contributed by atoms with Crippen LogP contribution in [0.1, 0.15) is 20.7 Å². The molecule has 1 aromatic heterocycles. The molecular weight excluding hydrogens is 292 g/mol. The van der Waals surface area contributed by atoms with Crippen LogP contribution in [0.4, 0.5) is 5.69 Å². The summed E-state index contributed by atoms with van der Waals surface area (Å²) in [6.07, 6.45) is 1.54. The predicted octanol–water partition coefficient (Wildman–Crippen LogP) is 3.27. The van der Waals surface area contributed by atoms with Gasteiger partial charge in [0.25, 0.3) is 5.91 Å². The van der Waals surface area contributed by atoms with Gasteiger partial charge in [0.1, 0.15) is 0 Å². The third kappa shape index (κ3) is 3.18. The number of carbonyl (C=O) groups is 2. The highest BCUT2D eigenvalue weighted by Crippen LogP contribution is 2.15. The average Bonchev–Trinajstić information content (AvgIpc) is 2.61. The molecule has 1 N–H and O–H groups in total. The minimum atomic E-state index is -0.415. The molecule has 0 saturated heterocycles. The molecule has 0 bridgehead atoms. The van der Waals surface area contributed by atoms with Crippen molar-refractivity contribution < 1.29 is 14.3 Å². The molecule has 0 atom stereocenters. The largest absolute Gasteiger partial charge is 0.465 e. The number of rotatable bonds is 3. The Bertz CT molecular complexity index is 873. The minimum Gasteiger partial charge on any atom is -0.465 e. The Morgan fingerprint density at radius 1 is 1.00 bits per heavy atom. The molecule has 23 heavy (non-hydrogen) atoms. The number of hydrogen-bond donors (Lipinski definition) is 1. The van der Waals surface area contributed by atoms with Crippen LogP contribution in [0.25, 0.3) is 10.9 Å². The van der Waals surface area contributed by atoms with Crippen molar-refractivity contribution in [1.82, 2.24) is 4.98 Å². The Morgan fingerprint density at radius 2 is 1.74 bits per heavy atom. The SMILES string of the molecule is COC(=O)c1ccc(NC(=O)c2cnc3ccccc3c2)cc1. The van der Waals surface area contributed by atoms with Gasteiger partial charge in [0.2, 0.25) is 0 Å². The molecule has 0 aliphatic heterocycles. The molecule has 5 nitrogen and oxygen atoms in total. The van der Waals surface area contributed by atoms with Crippen molar-refractivity contribution in [3.8, 4) is 0 Å². The number of amides is 1. The average molecular weight is 306 g/mol. The van der Waals surface area contributed by atoms with E-state index in [0.29, 0.717) is 16.8 Å². The minimum absolute atomic E-state index is 0.255. The quantitative estimate of drug-likeness (QED) is 0.754. The van der Waals surface area contributed by atoms with E-state index in [1.165, 1.54) is 7.11 Å². The number of pyridine rings is 1. The lowest BCUT2D eigenvalue weighted by atomic mass is 10.1. The van der Waals surface area contributed by atoms with Crippen molar-refractivity contribution in [3.63, 3.8) is 0 Å². The van der Waals surface area contributed by atoms with Gasteiger partial charge in [-0.25, -0.2) is 4.79 Å². The first-order valence-corrected chi connectivity index (χ1v) is 7.02. The summed E-state index contributed by atoms with van der Waals surface area (Å²) in [7, 11) is 1.32. The summed E-state index contributed by atoms with van der Waals surface area (Å²) < 4.78 is 4.63. The highest BCUT2D eigenvalue weighted by Gasteiger charge is 2.09. The van der Waals surface area contributed by atoms with E-state index in [1.54, 1.807) is 36.5 Å². The zero-order chi connectivity index (χ0) is 16.2. The molecular formula is C18H14N2O3. The second-order valence-corrected chi connectivity index (χ2v) is 4.94. The number of fused-ring (bicyclic) bond motifs is 1. The van der Waals surface area contributed by atoms with Crippen LogP contribution < -0.4 is 5.32 Å². The van der Waals surface area contributed by atoms with Crippen LogP contribution in [0.15, 0.2) is 60.8 Å². The number of carbonyl (C=O) groups excluding carboxylic acids is 2. The van der Waals surface area contributed by atoms with E-state index in [0.717, 1.165) is 10.9 Å². The Balaban J connectivity index is 1.78. The normalized spacial score (nSPS) is 10.3. The van der Waals surface area contributed by atoms with E-state index in [1.807, 2.05) is 24.3 Å². The molecule has 5 heteroatoms. The molecule has 1 heterocycles. The Hall–Kier alpha value is -3.21. The molecule has 1 amide bonds. The van der Waals surface area contributed by atoms with Crippen molar-refractivity contribution >= 4 is 28.5 Å². The lowest BCUT2D eigenvalue weighted by Gasteiger charge is -2.07. The smallest absolute Gasteiger partial charge is 0.337 e. The van der Waals surface area contributed by atoms with Crippen LogP contribution in [0, 0.1) is 0 Å². The number of nitrogens with one attached hydrogen (secondary N) is 1. The van der Waals surface area contributed by atoms with Gasteiger partial charge in [-0.3, -0.25) is 9.78 Å². The molecule has 3 aromatic rings. The second-order valence-electron chi connectivity index (χ2n) is 4.94.